The van der Waals surface area contributed by atoms with Crippen LogP contribution in [0.25, 0.3) is 0 Å². The first-order valence-corrected chi connectivity index (χ1v) is 8.06. The van der Waals surface area contributed by atoms with E-state index in [1.807, 2.05) is 0 Å². The van der Waals surface area contributed by atoms with Crippen molar-refractivity contribution < 1.29 is 24.3 Å². The van der Waals surface area contributed by atoms with Gasteiger partial charge >= 0.3 is 6.09 Å². The lowest BCUT2D eigenvalue weighted by molar-refractivity contribution is -0.384. The number of rotatable bonds is 7. The number of amides is 1. The van der Waals surface area contributed by atoms with Crippen molar-refractivity contribution in [3.05, 3.63) is 39.9 Å². The zero-order valence-electron chi connectivity index (χ0n) is 13.0. The molecule has 1 amide bonds. The van der Waals surface area contributed by atoms with E-state index < -0.39 is 11.0 Å². The molecule has 0 radical (unpaired) electrons. The number of carbonyl (C=O) groups is 1. The summed E-state index contributed by atoms with van der Waals surface area (Å²) in [7, 11) is 0. The van der Waals surface area contributed by atoms with Gasteiger partial charge in [0.25, 0.3) is 5.69 Å². The first-order valence-electron chi connectivity index (χ1n) is 7.54. The molecule has 1 aliphatic rings. The van der Waals surface area contributed by atoms with Crippen LogP contribution < -0.4 is 0 Å². The summed E-state index contributed by atoms with van der Waals surface area (Å²) in [5, 5.41) is 19.4. The predicted molar refractivity (Wildman–Crippen MR) is 89.1 cm³/mol. The van der Waals surface area contributed by atoms with Crippen molar-refractivity contribution in [1.82, 2.24) is 4.90 Å². The predicted octanol–water partition coefficient (Wildman–Crippen LogP) is 1.61. The van der Waals surface area contributed by atoms with Gasteiger partial charge in [-0.15, -0.1) is 0 Å². The van der Waals surface area contributed by atoms with Gasteiger partial charge in [-0.3, -0.25) is 10.1 Å². The quantitative estimate of drug-likeness (QED) is 0.333. The molecule has 2 atom stereocenters. The molecular weight excluding hydrogens is 336 g/mol. The molecule has 0 saturated carbocycles. The van der Waals surface area contributed by atoms with Gasteiger partial charge in [0.1, 0.15) is 6.61 Å². The van der Waals surface area contributed by atoms with E-state index in [1.54, 1.807) is 17.0 Å². The fraction of sp³-hybridized carbons (Fsp3) is 0.533. The standard InChI is InChI=1S/C15H20N2O6S/c18-5-6-22-10-13-7-14(24)8-16(13)15(19)23-9-11-1-3-12(4-2-11)17(20)21/h1-4,13-14,18,24H,5-10H2/t13-,14-/m0/s1. The summed E-state index contributed by atoms with van der Waals surface area (Å²) in [6, 6.07) is 5.71. The van der Waals surface area contributed by atoms with E-state index in [0.717, 1.165) is 0 Å². The van der Waals surface area contributed by atoms with E-state index in [0.29, 0.717) is 25.1 Å². The van der Waals surface area contributed by atoms with Crippen molar-refractivity contribution >= 4 is 24.4 Å². The number of benzene rings is 1. The van der Waals surface area contributed by atoms with Crippen molar-refractivity contribution in [1.29, 1.82) is 0 Å². The van der Waals surface area contributed by atoms with E-state index in [-0.39, 0.29) is 36.8 Å². The second kappa shape index (κ2) is 8.86. The minimum Gasteiger partial charge on any atom is -0.445 e. The molecule has 0 unspecified atom stereocenters. The maximum Gasteiger partial charge on any atom is 0.410 e. The molecule has 2 rings (SSSR count). The van der Waals surface area contributed by atoms with Gasteiger partial charge in [0.15, 0.2) is 0 Å². The summed E-state index contributed by atoms with van der Waals surface area (Å²) < 4.78 is 10.6. The van der Waals surface area contributed by atoms with Crippen molar-refractivity contribution in [2.24, 2.45) is 0 Å². The molecule has 8 nitrogen and oxygen atoms in total. The van der Waals surface area contributed by atoms with E-state index in [2.05, 4.69) is 12.6 Å². The maximum absolute atomic E-state index is 12.2. The van der Waals surface area contributed by atoms with Crippen LogP contribution in [0.1, 0.15) is 12.0 Å². The minimum absolute atomic E-state index is 0.0105. The Bertz CT molecular complexity index is 568. The molecule has 1 aromatic rings. The number of non-ortho nitro benzene ring substituents is 1. The number of likely N-dealkylation sites (tertiary alicyclic amines) is 1. The molecule has 0 spiro atoms. The molecule has 9 heteroatoms. The highest BCUT2D eigenvalue weighted by atomic mass is 32.1. The maximum atomic E-state index is 12.2. The number of aliphatic hydroxyl groups is 1. The fourth-order valence-electron chi connectivity index (χ4n) is 2.50. The Morgan fingerprint density at radius 1 is 1.42 bits per heavy atom. The zero-order valence-corrected chi connectivity index (χ0v) is 13.9. The summed E-state index contributed by atoms with van der Waals surface area (Å²) in [6.07, 6.45) is 0.226. The minimum atomic E-state index is -0.482. The van der Waals surface area contributed by atoms with Crippen LogP contribution in [0.5, 0.6) is 0 Å². The number of carbonyl (C=O) groups excluding carboxylic acids is 1. The number of nitro groups is 1. The van der Waals surface area contributed by atoms with Gasteiger partial charge in [0.2, 0.25) is 0 Å². The van der Waals surface area contributed by atoms with Crippen LogP contribution in [-0.2, 0) is 16.1 Å². The number of nitro benzene ring substituents is 1. The zero-order chi connectivity index (χ0) is 17.5. The number of hydrogen-bond donors (Lipinski definition) is 2. The monoisotopic (exact) mass is 356 g/mol. The lowest BCUT2D eigenvalue weighted by atomic mass is 10.2. The van der Waals surface area contributed by atoms with Crippen LogP contribution >= 0.6 is 12.6 Å². The molecule has 0 bridgehead atoms. The molecule has 1 aliphatic heterocycles. The van der Waals surface area contributed by atoms with Gasteiger partial charge in [-0.05, 0) is 24.1 Å². The molecule has 1 saturated heterocycles. The summed E-state index contributed by atoms with van der Waals surface area (Å²) in [5.74, 6) is 0. The summed E-state index contributed by atoms with van der Waals surface area (Å²) in [5.41, 5.74) is 0.660. The molecule has 1 fully saturated rings. The van der Waals surface area contributed by atoms with Crippen LogP contribution in [-0.4, -0.2) is 58.7 Å². The van der Waals surface area contributed by atoms with E-state index in [4.69, 9.17) is 14.6 Å². The lowest BCUT2D eigenvalue weighted by Gasteiger charge is -2.23. The smallest absolute Gasteiger partial charge is 0.410 e. The first-order chi connectivity index (χ1) is 11.5. The largest absolute Gasteiger partial charge is 0.445 e. The average molecular weight is 356 g/mol. The van der Waals surface area contributed by atoms with Crippen LogP contribution in [0.15, 0.2) is 24.3 Å². The van der Waals surface area contributed by atoms with Gasteiger partial charge in [-0.1, -0.05) is 0 Å². The second-order valence-electron chi connectivity index (χ2n) is 5.47. The third-order valence-electron chi connectivity index (χ3n) is 3.68. The second-order valence-corrected chi connectivity index (χ2v) is 6.20. The average Bonchev–Trinajstić information content (AvgIpc) is 2.94. The Labute approximate surface area is 144 Å². The van der Waals surface area contributed by atoms with E-state index >= 15 is 0 Å². The van der Waals surface area contributed by atoms with Gasteiger partial charge in [0, 0.05) is 23.9 Å². The van der Waals surface area contributed by atoms with Crippen LogP contribution in [0.4, 0.5) is 10.5 Å². The van der Waals surface area contributed by atoms with Crippen molar-refractivity contribution in [3.8, 4) is 0 Å². The van der Waals surface area contributed by atoms with Crippen molar-refractivity contribution in [3.63, 3.8) is 0 Å². The normalized spacial score (nSPS) is 20.2. The van der Waals surface area contributed by atoms with Crippen LogP contribution in [0.2, 0.25) is 0 Å². The fourth-order valence-corrected chi connectivity index (χ4v) is 2.92. The Morgan fingerprint density at radius 3 is 2.75 bits per heavy atom. The highest BCUT2D eigenvalue weighted by Gasteiger charge is 2.34. The van der Waals surface area contributed by atoms with Gasteiger partial charge in [-0.2, -0.15) is 12.6 Å². The molecule has 24 heavy (non-hydrogen) atoms. The Morgan fingerprint density at radius 2 is 2.12 bits per heavy atom. The molecule has 1 heterocycles. The molecule has 132 valence electrons. The lowest BCUT2D eigenvalue weighted by Crippen LogP contribution is -2.39. The SMILES string of the molecule is O=C(OCc1ccc([N+](=O)[O-])cc1)N1C[C@@H](S)C[C@H]1COCCO. The van der Waals surface area contributed by atoms with E-state index in [9.17, 15) is 14.9 Å². The molecule has 1 aromatic carbocycles. The van der Waals surface area contributed by atoms with E-state index in [1.165, 1.54) is 12.1 Å². The Kier molecular flexibility index (Phi) is 6.83. The third-order valence-corrected chi connectivity index (χ3v) is 4.06. The first kappa shape index (κ1) is 18.5. The molecular formula is C15H20N2O6S. The Hall–Kier alpha value is -1.84. The van der Waals surface area contributed by atoms with Crippen LogP contribution in [0.3, 0.4) is 0 Å². The summed E-state index contributed by atoms with van der Waals surface area (Å²) in [4.78, 5) is 23.9. The van der Waals surface area contributed by atoms with Crippen molar-refractivity contribution in [2.45, 2.75) is 24.3 Å². The number of thiol groups is 1. The van der Waals surface area contributed by atoms with Gasteiger partial charge in [0.05, 0.1) is 30.8 Å². The topological polar surface area (TPSA) is 102 Å². The van der Waals surface area contributed by atoms with Gasteiger partial charge < -0.3 is 19.5 Å². The number of aliphatic hydroxyl groups excluding tert-OH is 1. The molecule has 0 aromatic heterocycles. The number of ether oxygens (including phenoxy) is 2. The van der Waals surface area contributed by atoms with Crippen LogP contribution in [0, 0.1) is 10.1 Å². The number of hydrogen-bond acceptors (Lipinski definition) is 7. The number of nitrogens with zero attached hydrogens (tertiary/aromatic N) is 2. The summed E-state index contributed by atoms with van der Waals surface area (Å²) >= 11 is 4.40. The highest BCUT2D eigenvalue weighted by molar-refractivity contribution is 7.81. The Balaban J connectivity index is 1.86. The summed E-state index contributed by atoms with van der Waals surface area (Å²) in [6.45, 7) is 0.982. The molecule has 1 N–H and O–H groups in total. The van der Waals surface area contributed by atoms with Gasteiger partial charge in [-0.25, -0.2) is 4.79 Å². The highest BCUT2D eigenvalue weighted by Crippen LogP contribution is 2.23. The molecule has 0 aliphatic carbocycles. The van der Waals surface area contributed by atoms with Crippen molar-refractivity contribution in [2.75, 3.05) is 26.4 Å². The third kappa shape index (κ3) is 5.08.